The minimum atomic E-state index is -1.82. The van der Waals surface area contributed by atoms with Crippen LogP contribution in [-0.2, 0) is 20.7 Å². The molecule has 2 saturated heterocycles. The average Bonchev–Trinajstić information content (AvgIpc) is 3.45. The molecule has 1 aliphatic carbocycles. The number of hydrogen-bond donors (Lipinski definition) is 3. The highest BCUT2D eigenvalue weighted by atomic mass is 16.5. The molecule has 3 heterocycles. The van der Waals surface area contributed by atoms with Gasteiger partial charge in [-0.05, 0) is 56.2 Å². The van der Waals surface area contributed by atoms with E-state index in [1.54, 1.807) is 17.0 Å². The third kappa shape index (κ3) is 6.03. The summed E-state index contributed by atoms with van der Waals surface area (Å²) >= 11 is 0. The van der Waals surface area contributed by atoms with Gasteiger partial charge < -0.3 is 34.2 Å². The molecule has 1 aromatic heterocycles. The number of nitrogens with one attached hydrogen (secondary N) is 1. The fourth-order valence-corrected chi connectivity index (χ4v) is 5.91. The number of alkyl carbamates (subject to hydrolysis) is 1. The van der Waals surface area contributed by atoms with Crippen LogP contribution in [0, 0.1) is 23.2 Å². The van der Waals surface area contributed by atoms with Crippen molar-refractivity contribution in [3.05, 3.63) is 47.7 Å². The number of carbonyl (C=O) groups excluding carboxylic acids is 2. The molecule has 2 aromatic rings. The minimum absolute atomic E-state index is 0.0484. The van der Waals surface area contributed by atoms with Crippen molar-refractivity contribution in [1.82, 2.24) is 15.1 Å². The van der Waals surface area contributed by atoms with Gasteiger partial charge in [0.15, 0.2) is 0 Å². The van der Waals surface area contributed by atoms with Crippen LogP contribution in [0.4, 0.5) is 4.79 Å². The summed E-state index contributed by atoms with van der Waals surface area (Å²) < 4.78 is 16.4. The van der Waals surface area contributed by atoms with E-state index in [4.69, 9.17) is 13.9 Å². The molecule has 0 radical (unpaired) electrons. The Morgan fingerprint density at radius 2 is 2.05 bits per heavy atom. The lowest BCUT2D eigenvalue weighted by atomic mass is 9.76. The standard InChI is InChI=1S/C28H35BN4O7/c1-28(2,32-7-9-38-10-8-32)13-20(14-30)26(34)33-15-18-11-22(18)23(33)17-40-27(35)31-25(29(36)37)12-19-16-39-24-6-4-3-5-21(19)24/h3-6,13,16,18,22-23,25,36-37H,7-12,15,17H2,1-2H3,(H,31,35)/b20-13+/t18-,22-,23-,25-/m0/s1. The molecule has 5 rings (SSSR count). The first-order valence-electron chi connectivity index (χ1n) is 13.7. The Kier molecular flexibility index (Phi) is 8.19. The molecule has 0 bridgehead atoms. The third-order valence-corrected chi connectivity index (χ3v) is 8.29. The first-order chi connectivity index (χ1) is 19.2. The lowest BCUT2D eigenvalue weighted by Crippen LogP contribution is -2.50. The SMILES string of the molecule is CC(C)(/C=C(\C#N)C(=O)N1C[C@@H]2C[C@@H]2[C@@H]1COC(=O)N[C@@H](Cc1coc2ccccc12)B(O)O)N1CCOCC1. The number of ether oxygens (including phenoxy) is 2. The Morgan fingerprint density at radius 1 is 1.30 bits per heavy atom. The normalized spacial score (nSPS) is 23.8. The predicted octanol–water partition coefficient (Wildman–Crippen LogP) is 1.49. The molecular weight excluding hydrogens is 515 g/mol. The summed E-state index contributed by atoms with van der Waals surface area (Å²) in [4.78, 5) is 30.0. The fraction of sp³-hybridized carbons (Fsp3) is 0.536. The van der Waals surface area contributed by atoms with Crippen LogP contribution in [0.15, 0.2) is 46.6 Å². The summed E-state index contributed by atoms with van der Waals surface area (Å²) in [6, 6.07) is 9.10. The number of nitriles is 1. The Bertz CT molecular complexity index is 1310. The van der Waals surface area contributed by atoms with E-state index in [9.17, 15) is 24.9 Å². The molecule has 12 heteroatoms. The average molecular weight is 550 g/mol. The highest BCUT2D eigenvalue weighted by Gasteiger charge is 2.54. The molecule has 3 N–H and O–H groups in total. The number of benzene rings is 1. The Balaban J connectivity index is 1.21. The zero-order valence-corrected chi connectivity index (χ0v) is 22.8. The van der Waals surface area contributed by atoms with Crippen LogP contribution in [0.2, 0.25) is 0 Å². The summed E-state index contributed by atoms with van der Waals surface area (Å²) in [5.74, 6) is -0.853. The fourth-order valence-electron chi connectivity index (χ4n) is 5.91. The predicted molar refractivity (Wildman–Crippen MR) is 146 cm³/mol. The maximum atomic E-state index is 13.5. The van der Waals surface area contributed by atoms with E-state index in [0.29, 0.717) is 31.3 Å². The molecule has 2 amide bonds. The van der Waals surface area contributed by atoms with Gasteiger partial charge in [0.2, 0.25) is 0 Å². The van der Waals surface area contributed by atoms with Crippen LogP contribution >= 0.6 is 0 Å². The number of rotatable bonds is 9. The molecule has 0 unspecified atom stereocenters. The number of morpholine rings is 1. The summed E-state index contributed by atoms with van der Waals surface area (Å²) in [5, 5.41) is 33.0. The van der Waals surface area contributed by atoms with Gasteiger partial charge in [0, 0.05) is 30.6 Å². The van der Waals surface area contributed by atoms with Crippen molar-refractivity contribution in [1.29, 1.82) is 5.26 Å². The Hall–Kier alpha value is -3.37. The molecular formula is C28H35BN4O7. The monoisotopic (exact) mass is 550 g/mol. The second-order valence-electron chi connectivity index (χ2n) is 11.3. The van der Waals surface area contributed by atoms with Gasteiger partial charge in [-0.25, -0.2) is 4.79 Å². The van der Waals surface area contributed by atoms with Crippen LogP contribution < -0.4 is 5.32 Å². The second-order valence-corrected chi connectivity index (χ2v) is 11.3. The number of furan rings is 1. The van der Waals surface area contributed by atoms with Gasteiger partial charge in [-0.1, -0.05) is 18.2 Å². The maximum Gasteiger partial charge on any atom is 0.475 e. The van der Waals surface area contributed by atoms with Gasteiger partial charge >= 0.3 is 13.2 Å². The first kappa shape index (κ1) is 28.2. The van der Waals surface area contributed by atoms with E-state index in [1.165, 1.54) is 6.26 Å². The number of nitrogens with zero attached hydrogens (tertiary/aromatic N) is 3. The van der Waals surface area contributed by atoms with E-state index in [2.05, 4.69) is 16.3 Å². The highest BCUT2D eigenvalue weighted by Crippen LogP contribution is 2.50. The number of hydrogen-bond acceptors (Lipinski definition) is 9. The smallest absolute Gasteiger partial charge is 0.464 e. The van der Waals surface area contributed by atoms with E-state index in [-0.39, 0.29) is 36.5 Å². The number of fused-ring (bicyclic) bond motifs is 2. The molecule has 3 fully saturated rings. The molecule has 2 aliphatic heterocycles. The van der Waals surface area contributed by atoms with Crippen molar-refractivity contribution in [3.63, 3.8) is 0 Å². The first-order valence-corrected chi connectivity index (χ1v) is 13.7. The summed E-state index contributed by atoms with van der Waals surface area (Å²) in [7, 11) is -1.82. The summed E-state index contributed by atoms with van der Waals surface area (Å²) in [6.45, 7) is 7.08. The largest absolute Gasteiger partial charge is 0.475 e. The quantitative estimate of drug-likeness (QED) is 0.240. The number of para-hydroxylation sites is 1. The molecule has 40 heavy (non-hydrogen) atoms. The molecule has 212 valence electrons. The molecule has 0 spiro atoms. The molecule has 3 aliphatic rings. The minimum Gasteiger partial charge on any atom is -0.464 e. The third-order valence-electron chi connectivity index (χ3n) is 8.29. The van der Waals surface area contributed by atoms with Crippen molar-refractivity contribution in [2.24, 2.45) is 11.8 Å². The zero-order chi connectivity index (χ0) is 28.4. The van der Waals surface area contributed by atoms with Gasteiger partial charge in [0.1, 0.15) is 23.8 Å². The number of carbonyl (C=O) groups is 2. The number of likely N-dealkylation sites (tertiary alicyclic amines) is 1. The number of piperidine rings is 1. The van der Waals surface area contributed by atoms with Crippen LogP contribution in [-0.4, -0.2) is 95.9 Å². The molecule has 11 nitrogen and oxygen atoms in total. The van der Waals surface area contributed by atoms with Crippen LogP contribution in [0.3, 0.4) is 0 Å². The van der Waals surface area contributed by atoms with Crippen LogP contribution in [0.5, 0.6) is 0 Å². The van der Waals surface area contributed by atoms with Crippen molar-refractivity contribution in [3.8, 4) is 6.07 Å². The van der Waals surface area contributed by atoms with Gasteiger partial charge in [-0.3, -0.25) is 9.69 Å². The van der Waals surface area contributed by atoms with Crippen molar-refractivity contribution >= 4 is 30.1 Å². The highest BCUT2D eigenvalue weighted by molar-refractivity contribution is 6.43. The van der Waals surface area contributed by atoms with Crippen molar-refractivity contribution < 1.29 is 33.5 Å². The van der Waals surface area contributed by atoms with Gasteiger partial charge in [0.25, 0.3) is 5.91 Å². The Morgan fingerprint density at radius 3 is 2.77 bits per heavy atom. The molecule has 1 aromatic carbocycles. The molecule has 4 atom stereocenters. The van der Waals surface area contributed by atoms with Gasteiger partial charge in [0.05, 0.1) is 31.5 Å². The van der Waals surface area contributed by atoms with E-state index in [1.807, 2.05) is 32.0 Å². The van der Waals surface area contributed by atoms with Gasteiger partial charge in [-0.2, -0.15) is 5.26 Å². The summed E-state index contributed by atoms with van der Waals surface area (Å²) in [5.41, 5.74) is 0.955. The second kappa shape index (κ2) is 11.6. The maximum absolute atomic E-state index is 13.5. The molecule has 1 saturated carbocycles. The van der Waals surface area contributed by atoms with Gasteiger partial charge in [-0.15, -0.1) is 0 Å². The lowest BCUT2D eigenvalue weighted by molar-refractivity contribution is -0.129. The van der Waals surface area contributed by atoms with Crippen LogP contribution in [0.1, 0.15) is 25.8 Å². The van der Waals surface area contributed by atoms with E-state index in [0.717, 1.165) is 30.5 Å². The number of amides is 2. The topological polar surface area (TPSA) is 148 Å². The van der Waals surface area contributed by atoms with Crippen LogP contribution in [0.25, 0.3) is 11.0 Å². The lowest BCUT2D eigenvalue weighted by Gasteiger charge is -2.39. The van der Waals surface area contributed by atoms with Crippen molar-refractivity contribution in [2.45, 2.75) is 44.2 Å². The zero-order valence-electron chi connectivity index (χ0n) is 22.8. The van der Waals surface area contributed by atoms with E-state index >= 15 is 0 Å². The van der Waals surface area contributed by atoms with Crippen molar-refractivity contribution in [2.75, 3.05) is 39.5 Å². The Labute approximate surface area is 233 Å². The summed E-state index contributed by atoms with van der Waals surface area (Å²) in [6.07, 6.45) is 3.50. The van der Waals surface area contributed by atoms with E-state index < -0.39 is 24.7 Å².